The first-order chi connectivity index (χ1) is 5.77. The van der Waals surface area contributed by atoms with Gasteiger partial charge in [0.1, 0.15) is 5.15 Å². The number of hydrogen-bond acceptors (Lipinski definition) is 2. The lowest BCUT2D eigenvalue weighted by Crippen LogP contribution is -1.85. The summed E-state index contributed by atoms with van der Waals surface area (Å²) in [6, 6.07) is 5.68. The Bertz CT molecular complexity index is 426. The first-order valence-electron chi connectivity index (χ1n) is 3.65. The zero-order valence-corrected chi connectivity index (χ0v) is 7.34. The highest BCUT2D eigenvalue weighted by molar-refractivity contribution is 6.34. The first kappa shape index (κ1) is 7.50. The zero-order chi connectivity index (χ0) is 8.55. The minimum absolute atomic E-state index is 0.526. The van der Waals surface area contributed by atoms with E-state index in [9.17, 15) is 0 Å². The Morgan fingerprint density at radius 2 is 2.25 bits per heavy atom. The molecule has 0 atom stereocenters. The lowest BCUT2D eigenvalue weighted by Gasteiger charge is -1.99. The van der Waals surface area contributed by atoms with Gasteiger partial charge in [-0.1, -0.05) is 11.6 Å². The minimum atomic E-state index is 0.526. The zero-order valence-electron chi connectivity index (χ0n) is 6.58. The minimum Gasteiger partial charge on any atom is -0.256 e. The monoisotopic (exact) mass is 178 g/mol. The fourth-order valence-electron chi connectivity index (χ4n) is 1.15. The number of aromatic nitrogens is 2. The van der Waals surface area contributed by atoms with Gasteiger partial charge < -0.3 is 0 Å². The second-order valence-corrected chi connectivity index (χ2v) is 2.98. The van der Waals surface area contributed by atoms with Gasteiger partial charge in [0.15, 0.2) is 0 Å². The molecule has 0 saturated carbocycles. The van der Waals surface area contributed by atoms with E-state index in [-0.39, 0.29) is 0 Å². The number of pyridine rings is 2. The topological polar surface area (TPSA) is 25.8 Å². The van der Waals surface area contributed by atoms with Gasteiger partial charge >= 0.3 is 0 Å². The largest absolute Gasteiger partial charge is 0.256 e. The summed E-state index contributed by atoms with van der Waals surface area (Å²) < 4.78 is 0. The summed E-state index contributed by atoms with van der Waals surface area (Å²) in [7, 11) is 0. The van der Waals surface area contributed by atoms with Gasteiger partial charge in [0, 0.05) is 17.3 Å². The average molecular weight is 179 g/mol. The molecule has 0 saturated heterocycles. The molecule has 60 valence electrons. The molecule has 0 aromatic carbocycles. The summed E-state index contributed by atoms with van der Waals surface area (Å²) >= 11 is 5.91. The molecule has 0 spiro atoms. The molecule has 0 aliphatic heterocycles. The lowest BCUT2D eigenvalue weighted by atomic mass is 10.2. The molecule has 2 nitrogen and oxygen atoms in total. The van der Waals surface area contributed by atoms with Crippen LogP contribution in [0, 0.1) is 6.92 Å². The van der Waals surface area contributed by atoms with Gasteiger partial charge in [-0.05, 0) is 25.1 Å². The maximum atomic E-state index is 5.91. The van der Waals surface area contributed by atoms with Crippen molar-refractivity contribution >= 4 is 22.5 Å². The Labute approximate surface area is 75.2 Å². The maximum Gasteiger partial charge on any atom is 0.138 e. The molecule has 0 amide bonds. The van der Waals surface area contributed by atoms with Crippen LogP contribution in [0.4, 0.5) is 0 Å². The van der Waals surface area contributed by atoms with Crippen LogP contribution in [0.25, 0.3) is 10.9 Å². The summed E-state index contributed by atoms with van der Waals surface area (Å²) in [6.45, 7) is 1.90. The molecular weight excluding hydrogens is 172 g/mol. The standard InChI is InChI=1S/C9H7ClN2/c1-6-5-8-7(9(10)12-6)3-2-4-11-8/h2-5H,1H3. The van der Waals surface area contributed by atoms with Crippen molar-refractivity contribution in [3.05, 3.63) is 35.2 Å². The van der Waals surface area contributed by atoms with E-state index in [1.54, 1.807) is 6.20 Å². The van der Waals surface area contributed by atoms with Crippen LogP contribution in [0.15, 0.2) is 24.4 Å². The SMILES string of the molecule is Cc1cc2ncccc2c(Cl)n1. The van der Waals surface area contributed by atoms with Crippen molar-refractivity contribution in [3.63, 3.8) is 0 Å². The summed E-state index contributed by atoms with van der Waals surface area (Å²) in [6.07, 6.45) is 1.75. The van der Waals surface area contributed by atoms with Gasteiger partial charge in [-0.2, -0.15) is 0 Å². The van der Waals surface area contributed by atoms with E-state index in [2.05, 4.69) is 9.97 Å². The van der Waals surface area contributed by atoms with Crippen molar-refractivity contribution in [2.45, 2.75) is 6.92 Å². The molecule has 12 heavy (non-hydrogen) atoms. The van der Waals surface area contributed by atoms with E-state index in [1.807, 2.05) is 25.1 Å². The average Bonchev–Trinajstić information content (AvgIpc) is 2.04. The number of nitrogens with zero attached hydrogens (tertiary/aromatic N) is 2. The molecule has 2 aromatic heterocycles. The Balaban J connectivity index is 2.89. The number of fused-ring (bicyclic) bond motifs is 1. The maximum absolute atomic E-state index is 5.91. The van der Waals surface area contributed by atoms with Crippen molar-refractivity contribution in [2.75, 3.05) is 0 Å². The molecule has 3 heteroatoms. The molecule has 0 aliphatic carbocycles. The Hall–Kier alpha value is -1.15. The predicted molar refractivity (Wildman–Crippen MR) is 49.3 cm³/mol. The molecule has 0 radical (unpaired) electrons. The molecule has 0 bridgehead atoms. The van der Waals surface area contributed by atoms with Gasteiger partial charge in [-0.3, -0.25) is 4.98 Å². The van der Waals surface area contributed by atoms with E-state index in [1.165, 1.54) is 0 Å². The van der Waals surface area contributed by atoms with Crippen molar-refractivity contribution in [1.82, 2.24) is 9.97 Å². The third-order valence-corrected chi connectivity index (χ3v) is 1.97. The third kappa shape index (κ3) is 1.14. The van der Waals surface area contributed by atoms with Crippen LogP contribution in [0.1, 0.15) is 5.69 Å². The van der Waals surface area contributed by atoms with Crippen LogP contribution in [-0.2, 0) is 0 Å². The summed E-state index contributed by atoms with van der Waals surface area (Å²) in [5, 5.41) is 1.43. The lowest BCUT2D eigenvalue weighted by molar-refractivity contribution is 1.21. The predicted octanol–water partition coefficient (Wildman–Crippen LogP) is 2.59. The van der Waals surface area contributed by atoms with Gasteiger partial charge in [0.05, 0.1) is 5.52 Å². The first-order valence-corrected chi connectivity index (χ1v) is 4.03. The molecule has 0 aliphatic rings. The molecule has 0 N–H and O–H groups in total. The van der Waals surface area contributed by atoms with Crippen LogP contribution >= 0.6 is 11.6 Å². The van der Waals surface area contributed by atoms with Crippen molar-refractivity contribution in [2.24, 2.45) is 0 Å². The number of halogens is 1. The van der Waals surface area contributed by atoms with Crippen LogP contribution in [0.2, 0.25) is 5.15 Å². The van der Waals surface area contributed by atoms with Gasteiger partial charge in [0.25, 0.3) is 0 Å². The van der Waals surface area contributed by atoms with E-state index < -0.39 is 0 Å². The van der Waals surface area contributed by atoms with Crippen molar-refractivity contribution in [3.8, 4) is 0 Å². The Morgan fingerprint density at radius 3 is 3.08 bits per heavy atom. The second-order valence-electron chi connectivity index (χ2n) is 2.62. The van der Waals surface area contributed by atoms with Crippen molar-refractivity contribution in [1.29, 1.82) is 0 Å². The molecule has 2 heterocycles. The number of hydrogen-bond donors (Lipinski definition) is 0. The highest BCUT2D eigenvalue weighted by atomic mass is 35.5. The van der Waals surface area contributed by atoms with E-state index in [0.717, 1.165) is 16.6 Å². The highest BCUT2D eigenvalue weighted by Crippen LogP contribution is 2.19. The van der Waals surface area contributed by atoms with Crippen LogP contribution in [0.5, 0.6) is 0 Å². The van der Waals surface area contributed by atoms with Gasteiger partial charge in [0.2, 0.25) is 0 Å². The second kappa shape index (κ2) is 2.72. The van der Waals surface area contributed by atoms with Crippen LogP contribution < -0.4 is 0 Å². The third-order valence-electron chi connectivity index (χ3n) is 1.68. The van der Waals surface area contributed by atoms with Gasteiger partial charge in [-0.15, -0.1) is 0 Å². The molecule has 2 rings (SSSR count). The highest BCUT2D eigenvalue weighted by Gasteiger charge is 2.00. The molecule has 0 unspecified atom stereocenters. The molecule has 0 fully saturated rings. The normalized spacial score (nSPS) is 10.5. The number of rotatable bonds is 0. The summed E-state index contributed by atoms with van der Waals surface area (Å²) in [5.41, 5.74) is 1.79. The van der Waals surface area contributed by atoms with Crippen molar-refractivity contribution < 1.29 is 0 Å². The summed E-state index contributed by atoms with van der Waals surface area (Å²) in [4.78, 5) is 8.31. The van der Waals surface area contributed by atoms with Crippen LogP contribution in [-0.4, -0.2) is 9.97 Å². The van der Waals surface area contributed by atoms with E-state index in [4.69, 9.17) is 11.6 Å². The van der Waals surface area contributed by atoms with Gasteiger partial charge in [-0.25, -0.2) is 4.98 Å². The fraction of sp³-hybridized carbons (Fsp3) is 0.111. The quantitative estimate of drug-likeness (QED) is 0.580. The Kier molecular flexibility index (Phi) is 1.70. The van der Waals surface area contributed by atoms with Crippen LogP contribution in [0.3, 0.4) is 0 Å². The molecule has 2 aromatic rings. The van der Waals surface area contributed by atoms with E-state index >= 15 is 0 Å². The molecular formula is C9H7ClN2. The smallest absolute Gasteiger partial charge is 0.138 e. The van der Waals surface area contributed by atoms with E-state index in [0.29, 0.717) is 5.15 Å². The fourth-order valence-corrected chi connectivity index (χ4v) is 1.45. The summed E-state index contributed by atoms with van der Waals surface area (Å²) in [5.74, 6) is 0. The number of aryl methyl sites for hydroxylation is 1. The Morgan fingerprint density at radius 1 is 1.42 bits per heavy atom.